The zero-order chi connectivity index (χ0) is 25.4. The molecule has 9 heteroatoms. The van der Waals surface area contributed by atoms with Gasteiger partial charge >= 0.3 is 0 Å². The lowest BCUT2D eigenvalue weighted by Crippen LogP contribution is -2.42. The van der Waals surface area contributed by atoms with Crippen LogP contribution in [0.25, 0.3) is 20.8 Å². The van der Waals surface area contributed by atoms with E-state index in [4.69, 9.17) is 0 Å². The van der Waals surface area contributed by atoms with Gasteiger partial charge in [-0.05, 0) is 72.9 Å². The monoisotopic (exact) mass is 521 g/mol. The topological polar surface area (TPSA) is 99.6 Å². The van der Waals surface area contributed by atoms with Crippen LogP contribution in [-0.4, -0.2) is 41.8 Å². The molecule has 0 bridgehead atoms. The van der Waals surface area contributed by atoms with E-state index in [1.54, 1.807) is 16.4 Å². The fourth-order valence-electron chi connectivity index (χ4n) is 4.71. The highest BCUT2D eigenvalue weighted by atomic mass is 32.2. The number of carbonyl (C=O) groups is 1. The Balaban J connectivity index is 1.34. The Hall–Kier alpha value is -3.27. The summed E-state index contributed by atoms with van der Waals surface area (Å²) < 4.78 is 28.8. The summed E-state index contributed by atoms with van der Waals surface area (Å²) in [6.07, 6.45) is 1.02. The van der Waals surface area contributed by atoms with Crippen LogP contribution < -0.4 is 5.32 Å². The zero-order valence-electron chi connectivity index (χ0n) is 20.0. The highest BCUT2D eigenvalue weighted by molar-refractivity contribution is 7.89. The summed E-state index contributed by atoms with van der Waals surface area (Å²) in [4.78, 5) is 17.7. The fourth-order valence-corrected chi connectivity index (χ4v) is 7.38. The SMILES string of the molecule is C[C@H]1C[C@H](C)CN(S(=O)(=O)c2ccc(C(=O)Nc3ccc(O)c(-c4nc5ccccc5s4)c3)cc2)C1. The molecule has 1 amide bonds. The van der Waals surface area contributed by atoms with Crippen molar-refractivity contribution >= 4 is 43.2 Å². The highest BCUT2D eigenvalue weighted by Gasteiger charge is 2.31. The molecule has 0 spiro atoms. The normalized spacial score (nSPS) is 18.8. The Morgan fingerprint density at radius 3 is 2.42 bits per heavy atom. The molecule has 36 heavy (non-hydrogen) atoms. The van der Waals surface area contributed by atoms with Crippen LogP contribution in [0.3, 0.4) is 0 Å². The molecule has 2 heterocycles. The Labute approximate surface area is 214 Å². The van der Waals surface area contributed by atoms with Crippen molar-refractivity contribution in [2.45, 2.75) is 25.2 Å². The standard InChI is InChI=1S/C27H27N3O4S2/c1-17-13-18(2)16-30(15-17)36(33,34)21-10-7-19(8-11-21)26(32)28-20-9-12-24(31)22(14-20)27-29-23-5-3-4-6-25(23)35-27/h3-12,14,17-18,31H,13,15-16H2,1-2H3,(H,28,32)/t17-,18-/m0/s1. The van der Waals surface area contributed by atoms with Crippen molar-refractivity contribution in [1.82, 2.24) is 9.29 Å². The van der Waals surface area contributed by atoms with Gasteiger partial charge in [0.1, 0.15) is 10.8 Å². The molecule has 0 unspecified atom stereocenters. The smallest absolute Gasteiger partial charge is 0.255 e. The van der Waals surface area contributed by atoms with Crippen LogP contribution in [0, 0.1) is 11.8 Å². The highest BCUT2D eigenvalue weighted by Crippen LogP contribution is 2.37. The fraction of sp³-hybridized carbons (Fsp3) is 0.259. The number of sulfonamides is 1. The number of amides is 1. The molecule has 2 atom stereocenters. The van der Waals surface area contributed by atoms with E-state index >= 15 is 0 Å². The van der Waals surface area contributed by atoms with Gasteiger partial charge in [0.15, 0.2) is 0 Å². The molecule has 1 saturated heterocycles. The van der Waals surface area contributed by atoms with Gasteiger partial charge in [-0.2, -0.15) is 4.31 Å². The minimum atomic E-state index is -3.61. The number of aromatic hydroxyl groups is 1. The summed E-state index contributed by atoms with van der Waals surface area (Å²) in [7, 11) is -3.61. The minimum absolute atomic E-state index is 0.0722. The van der Waals surface area contributed by atoms with Gasteiger partial charge in [-0.15, -0.1) is 11.3 Å². The van der Waals surface area contributed by atoms with E-state index in [0.717, 1.165) is 16.6 Å². The summed E-state index contributed by atoms with van der Waals surface area (Å²) in [5, 5.41) is 13.9. The van der Waals surface area contributed by atoms with E-state index in [1.165, 1.54) is 41.7 Å². The van der Waals surface area contributed by atoms with E-state index in [-0.39, 0.29) is 16.6 Å². The summed E-state index contributed by atoms with van der Waals surface area (Å²) in [6.45, 7) is 5.15. The number of benzene rings is 3. The number of hydrogen-bond donors (Lipinski definition) is 2. The average Bonchev–Trinajstić information content (AvgIpc) is 3.29. The van der Waals surface area contributed by atoms with Crippen molar-refractivity contribution < 1.29 is 18.3 Å². The minimum Gasteiger partial charge on any atom is -0.507 e. The number of aromatic nitrogens is 1. The van der Waals surface area contributed by atoms with Crippen molar-refractivity contribution in [2.24, 2.45) is 11.8 Å². The molecular formula is C27H27N3O4S2. The van der Waals surface area contributed by atoms with Crippen molar-refractivity contribution in [3.8, 4) is 16.3 Å². The van der Waals surface area contributed by atoms with Gasteiger partial charge in [-0.25, -0.2) is 13.4 Å². The molecule has 186 valence electrons. The largest absolute Gasteiger partial charge is 0.507 e. The second-order valence-corrected chi connectivity index (χ2v) is 12.4. The van der Waals surface area contributed by atoms with Gasteiger partial charge in [0.2, 0.25) is 10.0 Å². The molecule has 0 aliphatic carbocycles. The maximum atomic E-state index is 13.1. The maximum absolute atomic E-state index is 13.1. The molecule has 0 radical (unpaired) electrons. The summed E-state index contributed by atoms with van der Waals surface area (Å²) >= 11 is 1.46. The van der Waals surface area contributed by atoms with Crippen LogP contribution in [0.2, 0.25) is 0 Å². The number of hydrogen-bond acceptors (Lipinski definition) is 6. The molecule has 3 aromatic carbocycles. The van der Waals surface area contributed by atoms with E-state index in [1.807, 2.05) is 24.3 Å². The second kappa shape index (κ2) is 9.65. The van der Waals surface area contributed by atoms with Gasteiger partial charge in [0, 0.05) is 24.3 Å². The lowest BCUT2D eigenvalue weighted by molar-refractivity contribution is 0.102. The molecule has 2 N–H and O–H groups in total. The van der Waals surface area contributed by atoms with Crippen LogP contribution in [0.15, 0.2) is 71.6 Å². The van der Waals surface area contributed by atoms with Gasteiger partial charge in [0.25, 0.3) is 5.91 Å². The van der Waals surface area contributed by atoms with Crippen molar-refractivity contribution in [1.29, 1.82) is 0 Å². The van der Waals surface area contributed by atoms with Crippen LogP contribution in [0.4, 0.5) is 5.69 Å². The van der Waals surface area contributed by atoms with E-state index in [2.05, 4.69) is 24.1 Å². The number of anilines is 1. The number of nitrogens with zero attached hydrogens (tertiary/aromatic N) is 2. The first-order chi connectivity index (χ1) is 17.2. The van der Waals surface area contributed by atoms with Gasteiger partial charge < -0.3 is 10.4 Å². The number of para-hydroxylation sites is 1. The molecule has 1 fully saturated rings. The molecule has 1 aliphatic rings. The number of carbonyl (C=O) groups excluding carboxylic acids is 1. The number of phenolic OH excluding ortho intramolecular Hbond substituents is 1. The third-order valence-electron chi connectivity index (χ3n) is 6.37. The van der Waals surface area contributed by atoms with Gasteiger partial charge in [-0.1, -0.05) is 26.0 Å². The first-order valence-electron chi connectivity index (χ1n) is 11.8. The quantitative estimate of drug-likeness (QED) is 0.334. The molecule has 7 nitrogen and oxygen atoms in total. The number of thiazole rings is 1. The number of nitrogens with one attached hydrogen (secondary N) is 1. The van der Waals surface area contributed by atoms with Gasteiger partial charge in [-0.3, -0.25) is 4.79 Å². The predicted molar refractivity (Wildman–Crippen MR) is 143 cm³/mol. The van der Waals surface area contributed by atoms with Crippen LogP contribution >= 0.6 is 11.3 Å². The summed E-state index contributed by atoms with van der Waals surface area (Å²) in [6, 6.07) is 18.6. The number of phenols is 1. The Morgan fingerprint density at radius 2 is 1.72 bits per heavy atom. The lowest BCUT2D eigenvalue weighted by Gasteiger charge is -2.34. The first kappa shape index (κ1) is 24.4. The van der Waals surface area contributed by atoms with Crippen molar-refractivity contribution in [2.75, 3.05) is 18.4 Å². The van der Waals surface area contributed by atoms with E-state index < -0.39 is 10.0 Å². The number of piperidine rings is 1. The van der Waals surface area contributed by atoms with Crippen LogP contribution in [0.1, 0.15) is 30.6 Å². The Kier molecular flexibility index (Phi) is 6.55. The summed E-state index contributed by atoms with van der Waals surface area (Å²) in [5.74, 6) is 0.321. The second-order valence-electron chi connectivity index (χ2n) is 9.47. The first-order valence-corrected chi connectivity index (χ1v) is 14.1. The molecule has 0 saturated carbocycles. The van der Waals surface area contributed by atoms with Gasteiger partial charge in [0.05, 0.1) is 20.7 Å². The van der Waals surface area contributed by atoms with Crippen LogP contribution in [-0.2, 0) is 10.0 Å². The zero-order valence-corrected chi connectivity index (χ0v) is 21.6. The molecule has 5 rings (SSSR count). The predicted octanol–water partition coefficient (Wildman–Crippen LogP) is 5.59. The van der Waals surface area contributed by atoms with E-state index in [0.29, 0.717) is 46.7 Å². The number of rotatable bonds is 5. The Bertz CT molecular complexity index is 1490. The van der Waals surface area contributed by atoms with Crippen LogP contribution in [0.5, 0.6) is 5.75 Å². The Morgan fingerprint density at radius 1 is 1.03 bits per heavy atom. The number of fused-ring (bicyclic) bond motifs is 1. The lowest BCUT2D eigenvalue weighted by atomic mass is 9.94. The van der Waals surface area contributed by atoms with Crippen molar-refractivity contribution in [3.05, 3.63) is 72.3 Å². The molecule has 1 aliphatic heterocycles. The third-order valence-corrected chi connectivity index (χ3v) is 9.28. The molecule has 1 aromatic heterocycles. The van der Waals surface area contributed by atoms with Crippen molar-refractivity contribution in [3.63, 3.8) is 0 Å². The van der Waals surface area contributed by atoms with E-state index in [9.17, 15) is 18.3 Å². The maximum Gasteiger partial charge on any atom is 0.255 e. The summed E-state index contributed by atoms with van der Waals surface area (Å²) in [5.41, 5.74) is 2.21. The average molecular weight is 522 g/mol. The third kappa shape index (κ3) is 4.86. The molecule has 4 aromatic rings. The molecular weight excluding hydrogens is 494 g/mol.